The van der Waals surface area contributed by atoms with Crippen LogP contribution in [0.25, 0.3) is 6.08 Å². The zero-order chi connectivity index (χ0) is 33.5. The second-order valence-electron chi connectivity index (χ2n) is 11.6. The van der Waals surface area contributed by atoms with Crippen LogP contribution in [0.2, 0.25) is 0 Å². The highest BCUT2D eigenvalue weighted by atomic mass is 16.5. The SMILES string of the molecule is COc1cc(C)c(C=CC2c3cc(OC)c(OCc4ccccc4)cc3CCN2C(=O)c2cccnc2N)cc1OCc1ccccc1. The highest BCUT2D eigenvalue weighted by Gasteiger charge is 2.32. The van der Waals surface area contributed by atoms with Crippen LogP contribution in [0.5, 0.6) is 23.0 Å². The molecule has 2 heterocycles. The number of methoxy groups -OCH3 is 2. The predicted octanol–water partition coefficient (Wildman–Crippen LogP) is 7.60. The first-order chi connectivity index (χ1) is 23.4. The van der Waals surface area contributed by atoms with Gasteiger partial charge >= 0.3 is 0 Å². The van der Waals surface area contributed by atoms with Gasteiger partial charge in [-0.15, -0.1) is 0 Å². The number of carbonyl (C=O) groups excluding carboxylic acids is 1. The van der Waals surface area contributed by atoms with Crippen LogP contribution < -0.4 is 24.7 Å². The molecule has 2 N–H and O–H groups in total. The smallest absolute Gasteiger partial charge is 0.258 e. The summed E-state index contributed by atoms with van der Waals surface area (Å²) in [6, 6.07) is 31.0. The molecule has 5 aromatic rings. The first-order valence-electron chi connectivity index (χ1n) is 15.9. The number of pyridine rings is 1. The first-order valence-corrected chi connectivity index (χ1v) is 15.9. The number of nitrogen functional groups attached to an aromatic ring is 1. The molecule has 0 saturated heterocycles. The van der Waals surface area contributed by atoms with Gasteiger partial charge in [0.25, 0.3) is 5.91 Å². The standard InChI is InChI=1S/C40H39N3O5/c1-27-21-35(45-2)37(47-25-28-11-6-4-7-12-28)22-30(27)16-17-34-33-24-36(46-3)38(48-26-29-13-8-5-9-14-29)23-31(33)18-20-43(34)40(44)32-15-10-19-42-39(32)41/h4-17,19,21-24,34H,18,20,25-26H2,1-3H3,(H2,41,42). The van der Waals surface area contributed by atoms with Gasteiger partial charge in [-0.3, -0.25) is 4.79 Å². The molecule has 8 heteroatoms. The Bertz CT molecular complexity index is 1910. The molecule has 0 bridgehead atoms. The fraction of sp³-hybridized carbons (Fsp3) is 0.200. The van der Waals surface area contributed by atoms with Crippen molar-refractivity contribution in [2.75, 3.05) is 26.5 Å². The van der Waals surface area contributed by atoms with E-state index in [9.17, 15) is 4.79 Å². The number of fused-ring (bicyclic) bond motifs is 1. The number of ether oxygens (including phenoxy) is 4. The maximum absolute atomic E-state index is 14.0. The average Bonchev–Trinajstić information content (AvgIpc) is 3.13. The van der Waals surface area contributed by atoms with Crippen molar-refractivity contribution < 1.29 is 23.7 Å². The van der Waals surface area contributed by atoms with Crippen molar-refractivity contribution in [3.05, 3.63) is 148 Å². The van der Waals surface area contributed by atoms with Crippen molar-refractivity contribution >= 4 is 17.8 Å². The summed E-state index contributed by atoms with van der Waals surface area (Å²) in [5.74, 6) is 2.54. The van der Waals surface area contributed by atoms with Gasteiger partial charge in [0.2, 0.25) is 0 Å². The van der Waals surface area contributed by atoms with Crippen LogP contribution in [-0.4, -0.2) is 36.6 Å². The minimum Gasteiger partial charge on any atom is -0.493 e. The molecule has 0 radical (unpaired) electrons. The van der Waals surface area contributed by atoms with Gasteiger partial charge in [-0.2, -0.15) is 0 Å². The van der Waals surface area contributed by atoms with Crippen LogP contribution in [0.1, 0.15) is 49.8 Å². The zero-order valence-corrected chi connectivity index (χ0v) is 27.4. The number of nitrogens with zero attached hydrogens (tertiary/aromatic N) is 2. The van der Waals surface area contributed by atoms with Crippen molar-refractivity contribution in [1.29, 1.82) is 0 Å². The van der Waals surface area contributed by atoms with E-state index in [1.807, 2.05) is 109 Å². The maximum Gasteiger partial charge on any atom is 0.258 e. The molecule has 1 atom stereocenters. The fourth-order valence-corrected chi connectivity index (χ4v) is 5.91. The molecule has 0 spiro atoms. The predicted molar refractivity (Wildman–Crippen MR) is 187 cm³/mol. The van der Waals surface area contributed by atoms with Crippen LogP contribution >= 0.6 is 0 Å². The number of anilines is 1. The lowest BCUT2D eigenvalue weighted by Crippen LogP contribution is -2.39. The zero-order valence-electron chi connectivity index (χ0n) is 27.4. The van der Waals surface area contributed by atoms with Crippen LogP contribution in [0.3, 0.4) is 0 Å². The van der Waals surface area contributed by atoms with Crippen molar-refractivity contribution in [3.8, 4) is 23.0 Å². The van der Waals surface area contributed by atoms with E-state index in [1.165, 1.54) is 0 Å². The summed E-state index contributed by atoms with van der Waals surface area (Å²) in [6.07, 6.45) is 6.29. The van der Waals surface area contributed by atoms with E-state index in [4.69, 9.17) is 24.7 Å². The quantitative estimate of drug-likeness (QED) is 0.159. The third-order valence-electron chi connectivity index (χ3n) is 8.52. The van der Waals surface area contributed by atoms with E-state index in [2.05, 4.69) is 4.98 Å². The van der Waals surface area contributed by atoms with Gasteiger partial charge in [0.15, 0.2) is 23.0 Å². The average molecular weight is 642 g/mol. The molecule has 244 valence electrons. The minimum absolute atomic E-state index is 0.192. The second-order valence-corrected chi connectivity index (χ2v) is 11.6. The molecule has 4 aromatic carbocycles. The molecule has 1 aliphatic heterocycles. The van der Waals surface area contributed by atoms with Gasteiger partial charge in [0, 0.05) is 12.7 Å². The molecule has 48 heavy (non-hydrogen) atoms. The Balaban J connectivity index is 1.36. The molecule has 0 aliphatic carbocycles. The third kappa shape index (κ3) is 7.13. The monoisotopic (exact) mass is 641 g/mol. The van der Waals surface area contributed by atoms with E-state index < -0.39 is 6.04 Å². The van der Waals surface area contributed by atoms with Crippen molar-refractivity contribution in [2.24, 2.45) is 0 Å². The number of carbonyl (C=O) groups is 1. The second kappa shape index (κ2) is 14.8. The Kier molecular flexibility index (Phi) is 9.91. The Morgan fingerprint density at radius 2 is 1.46 bits per heavy atom. The maximum atomic E-state index is 14.0. The van der Waals surface area contributed by atoms with Gasteiger partial charge < -0.3 is 29.6 Å². The summed E-state index contributed by atoms with van der Waals surface area (Å²) in [6.45, 7) is 3.32. The number of amides is 1. The van der Waals surface area contributed by atoms with Gasteiger partial charge in [-0.05, 0) is 83.1 Å². The Morgan fingerprint density at radius 3 is 2.08 bits per heavy atom. The largest absolute Gasteiger partial charge is 0.493 e. The highest BCUT2D eigenvalue weighted by molar-refractivity contribution is 5.98. The topological polar surface area (TPSA) is 96.1 Å². The van der Waals surface area contributed by atoms with E-state index in [-0.39, 0.29) is 11.7 Å². The molecule has 6 rings (SSSR count). The molecule has 1 amide bonds. The summed E-state index contributed by atoms with van der Waals surface area (Å²) < 4.78 is 23.9. The summed E-state index contributed by atoms with van der Waals surface area (Å²) in [5, 5.41) is 0. The highest BCUT2D eigenvalue weighted by Crippen LogP contribution is 2.41. The number of rotatable bonds is 11. The molecular weight excluding hydrogens is 602 g/mol. The summed E-state index contributed by atoms with van der Waals surface area (Å²) in [4.78, 5) is 20.0. The van der Waals surface area contributed by atoms with Crippen molar-refractivity contribution in [1.82, 2.24) is 9.88 Å². The van der Waals surface area contributed by atoms with Crippen LogP contribution in [0.4, 0.5) is 5.82 Å². The van der Waals surface area contributed by atoms with Gasteiger partial charge in [0.05, 0.1) is 25.8 Å². The normalized spacial score (nSPS) is 14.0. The molecule has 1 unspecified atom stereocenters. The number of aryl methyl sites for hydroxylation is 1. The summed E-state index contributed by atoms with van der Waals surface area (Å²) in [5.41, 5.74) is 12.6. The van der Waals surface area contributed by atoms with Gasteiger partial charge in [0.1, 0.15) is 19.0 Å². The van der Waals surface area contributed by atoms with Crippen LogP contribution in [0.15, 0.2) is 109 Å². The molecule has 0 fully saturated rings. The molecule has 0 saturated carbocycles. The van der Waals surface area contributed by atoms with E-state index in [0.29, 0.717) is 54.7 Å². The van der Waals surface area contributed by atoms with Crippen LogP contribution in [0, 0.1) is 6.92 Å². The lowest BCUT2D eigenvalue weighted by molar-refractivity contribution is 0.0701. The Hall–Kier alpha value is -5.76. The van der Waals surface area contributed by atoms with E-state index in [0.717, 1.165) is 33.4 Å². The minimum atomic E-state index is -0.423. The first kappa shape index (κ1) is 32.2. The Labute approximate surface area is 281 Å². The molecule has 1 aromatic heterocycles. The summed E-state index contributed by atoms with van der Waals surface area (Å²) >= 11 is 0. The van der Waals surface area contributed by atoms with Crippen molar-refractivity contribution in [2.45, 2.75) is 32.6 Å². The van der Waals surface area contributed by atoms with Gasteiger partial charge in [-0.25, -0.2) is 4.98 Å². The van der Waals surface area contributed by atoms with E-state index in [1.54, 1.807) is 32.5 Å². The van der Waals surface area contributed by atoms with Crippen LogP contribution in [-0.2, 0) is 19.6 Å². The molecule has 8 nitrogen and oxygen atoms in total. The third-order valence-corrected chi connectivity index (χ3v) is 8.52. The number of hydrogen-bond acceptors (Lipinski definition) is 7. The fourth-order valence-electron chi connectivity index (χ4n) is 5.91. The van der Waals surface area contributed by atoms with Gasteiger partial charge in [-0.1, -0.05) is 72.8 Å². The number of aromatic nitrogens is 1. The lowest BCUT2D eigenvalue weighted by atomic mass is 9.90. The summed E-state index contributed by atoms with van der Waals surface area (Å²) in [7, 11) is 3.26. The number of benzene rings is 4. The van der Waals surface area contributed by atoms with Crippen molar-refractivity contribution in [3.63, 3.8) is 0 Å². The lowest BCUT2D eigenvalue weighted by Gasteiger charge is -2.36. The number of hydrogen-bond donors (Lipinski definition) is 1. The molecule has 1 aliphatic rings. The number of nitrogens with two attached hydrogens (primary N) is 1. The Morgan fingerprint density at radius 1 is 0.833 bits per heavy atom. The van der Waals surface area contributed by atoms with E-state index >= 15 is 0 Å². The molecular formula is C40H39N3O5.